The fraction of sp³-hybridized carbons (Fsp3) is 0.467. The zero-order valence-electron chi connectivity index (χ0n) is 12.5. The summed E-state index contributed by atoms with van der Waals surface area (Å²) in [7, 11) is 1.18. The Bertz CT molecular complexity index is 574. The first-order valence-corrected chi connectivity index (χ1v) is 7.18. The summed E-state index contributed by atoms with van der Waals surface area (Å²) in [4.78, 5) is 20.4. The van der Waals surface area contributed by atoms with Crippen LogP contribution in [-0.4, -0.2) is 42.7 Å². The molecule has 2 bridgehead atoms. The second kappa shape index (κ2) is 7.36. The standard InChI is InChI=1S/C14H16F2N2O2.CH2O2/c1-20-13-9(15)4-7(5-10(13)16)14(19)18-12-6-8-2-3-11(12)17-8;2-1-3/h4-5,8,11-12,17H,2-3,6H2,1H3,(H,18,19);1H,(H,2,3)/t8-,11+,12+;/m1./s1. The van der Waals surface area contributed by atoms with Crippen molar-refractivity contribution in [2.45, 2.75) is 37.4 Å². The highest BCUT2D eigenvalue weighted by Gasteiger charge is 2.39. The van der Waals surface area contributed by atoms with E-state index in [0.717, 1.165) is 31.4 Å². The number of halogens is 2. The topological polar surface area (TPSA) is 87.7 Å². The van der Waals surface area contributed by atoms with E-state index in [-0.39, 0.29) is 24.1 Å². The van der Waals surface area contributed by atoms with Gasteiger partial charge in [0.15, 0.2) is 17.4 Å². The quantitative estimate of drug-likeness (QED) is 0.728. The van der Waals surface area contributed by atoms with Crippen molar-refractivity contribution in [2.24, 2.45) is 0 Å². The lowest BCUT2D eigenvalue weighted by atomic mass is 9.95. The third-order valence-electron chi connectivity index (χ3n) is 4.08. The summed E-state index contributed by atoms with van der Waals surface area (Å²) < 4.78 is 31.7. The van der Waals surface area contributed by atoms with Gasteiger partial charge in [0.25, 0.3) is 12.4 Å². The van der Waals surface area contributed by atoms with Gasteiger partial charge < -0.3 is 20.5 Å². The normalized spacial score (nSPS) is 24.6. The Hall–Kier alpha value is -2.22. The molecule has 0 spiro atoms. The molecule has 1 aromatic carbocycles. The molecule has 0 aromatic heterocycles. The Balaban J connectivity index is 0.000000595. The van der Waals surface area contributed by atoms with Gasteiger partial charge in [-0.3, -0.25) is 9.59 Å². The van der Waals surface area contributed by atoms with E-state index in [2.05, 4.69) is 15.4 Å². The molecule has 6 nitrogen and oxygen atoms in total. The van der Waals surface area contributed by atoms with Crippen LogP contribution in [0.5, 0.6) is 5.75 Å². The largest absolute Gasteiger partial charge is 0.491 e. The van der Waals surface area contributed by atoms with Crippen LogP contribution in [0.15, 0.2) is 12.1 Å². The van der Waals surface area contributed by atoms with E-state index in [1.54, 1.807) is 0 Å². The summed E-state index contributed by atoms with van der Waals surface area (Å²) in [6, 6.07) is 2.76. The molecule has 3 N–H and O–H groups in total. The summed E-state index contributed by atoms with van der Waals surface area (Å²) in [6.45, 7) is -0.250. The molecule has 3 atom stereocenters. The average Bonchev–Trinajstić information content (AvgIpc) is 3.10. The predicted octanol–water partition coefficient (Wildman–Crippen LogP) is 1.30. The number of hydrogen-bond acceptors (Lipinski definition) is 4. The molecule has 0 radical (unpaired) electrons. The van der Waals surface area contributed by atoms with Gasteiger partial charge in [0.1, 0.15) is 0 Å². The lowest BCUT2D eigenvalue weighted by Crippen LogP contribution is -2.42. The Morgan fingerprint density at radius 2 is 2.00 bits per heavy atom. The molecular formula is C15H18F2N2O4. The maximum atomic E-state index is 13.6. The summed E-state index contributed by atoms with van der Waals surface area (Å²) in [5, 5.41) is 13.1. The van der Waals surface area contributed by atoms with Gasteiger partial charge in [-0.05, 0) is 31.4 Å². The fourth-order valence-corrected chi connectivity index (χ4v) is 3.12. The van der Waals surface area contributed by atoms with Crippen LogP contribution >= 0.6 is 0 Å². The van der Waals surface area contributed by atoms with Crippen molar-refractivity contribution in [3.63, 3.8) is 0 Å². The van der Waals surface area contributed by atoms with Crippen LogP contribution in [0.25, 0.3) is 0 Å². The fourth-order valence-electron chi connectivity index (χ4n) is 3.12. The summed E-state index contributed by atoms with van der Waals surface area (Å²) in [5.41, 5.74) is -0.0245. The van der Waals surface area contributed by atoms with E-state index < -0.39 is 23.3 Å². The molecule has 126 valence electrons. The van der Waals surface area contributed by atoms with Crippen LogP contribution in [-0.2, 0) is 4.79 Å². The van der Waals surface area contributed by atoms with Gasteiger partial charge in [0.05, 0.1) is 7.11 Å². The SMILES string of the molecule is COc1c(F)cc(C(=O)N[C@H]2C[C@H]3CC[C@@H]2N3)cc1F.O=CO. The number of nitrogens with one attached hydrogen (secondary N) is 2. The van der Waals surface area contributed by atoms with E-state index in [0.29, 0.717) is 6.04 Å². The molecule has 8 heteroatoms. The van der Waals surface area contributed by atoms with E-state index in [1.165, 1.54) is 7.11 Å². The maximum Gasteiger partial charge on any atom is 0.290 e. The smallest absolute Gasteiger partial charge is 0.290 e. The van der Waals surface area contributed by atoms with Crippen LogP contribution < -0.4 is 15.4 Å². The van der Waals surface area contributed by atoms with Crippen LogP contribution in [0.4, 0.5) is 8.78 Å². The highest BCUT2D eigenvalue weighted by atomic mass is 19.1. The van der Waals surface area contributed by atoms with Gasteiger partial charge in [-0.1, -0.05) is 0 Å². The highest BCUT2D eigenvalue weighted by molar-refractivity contribution is 5.94. The molecule has 1 amide bonds. The minimum Gasteiger partial charge on any atom is -0.491 e. The first-order chi connectivity index (χ1) is 11.0. The monoisotopic (exact) mass is 328 g/mol. The summed E-state index contributed by atoms with van der Waals surface area (Å²) >= 11 is 0. The van der Waals surface area contributed by atoms with Gasteiger partial charge in [-0.2, -0.15) is 0 Å². The zero-order chi connectivity index (χ0) is 17.0. The minimum atomic E-state index is -0.872. The molecule has 2 saturated heterocycles. The van der Waals surface area contributed by atoms with Crippen LogP contribution in [0.2, 0.25) is 0 Å². The van der Waals surface area contributed by atoms with E-state index in [9.17, 15) is 13.6 Å². The molecule has 2 aliphatic heterocycles. The maximum absolute atomic E-state index is 13.6. The average molecular weight is 328 g/mol. The highest BCUT2D eigenvalue weighted by Crippen LogP contribution is 2.29. The second-order valence-corrected chi connectivity index (χ2v) is 5.44. The number of rotatable bonds is 3. The van der Waals surface area contributed by atoms with Crippen molar-refractivity contribution >= 4 is 12.4 Å². The second-order valence-electron chi connectivity index (χ2n) is 5.44. The number of carboxylic acid groups (broad SMARTS) is 1. The van der Waals surface area contributed by atoms with Gasteiger partial charge >= 0.3 is 0 Å². The van der Waals surface area contributed by atoms with E-state index >= 15 is 0 Å². The Morgan fingerprint density at radius 3 is 2.43 bits per heavy atom. The van der Waals surface area contributed by atoms with Gasteiger partial charge in [0, 0.05) is 23.7 Å². The number of methoxy groups -OCH3 is 1. The predicted molar refractivity (Wildman–Crippen MR) is 77.4 cm³/mol. The summed E-state index contributed by atoms with van der Waals surface area (Å²) in [5.74, 6) is -2.67. The van der Waals surface area contributed by atoms with Crippen molar-refractivity contribution in [2.75, 3.05) is 7.11 Å². The van der Waals surface area contributed by atoms with Crippen molar-refractivity contribution in [3.8, 4) is 5.75 Å². The van der Waals surface area contributed by atoms with Gasteiger partial charge in [-0.15, -0.1) is 0 Å². The van der Waals surface area contributed by atoms with E-state index in [4.69, 9.17) is 9.90 Å². The molecule has 23 heavy (non-hydrogen) atoms. The molecular weight excluding hydrogens is 310 g/mol. The molecule has 2 heterocycles. The number of carbonyl (C=O) groups is 2. The number of carbonyl (C=O) groups excluding carboxylic acids is 1. The lowest BCUT2D eigenvalue weighted by molar-refractivity contribution is -0.122. The first kappa shape index (κ1) is 17.1. The molecule has 2 fully saturated rings. The minimum absolute atomic E-state index is 0.0245. The Kier molecular flexibility index (Phi) is 5.49. The van der Waals surface area contributed by atoms with Crippen molar-refractivity contribution in [3.05, 3.63) is 29.3 Å². The molecule has 0 aliphatic carbocycles. The third kappa shape index (κ3) is 3.76. The van der Waals surface area contributed by atoms with Crippen LogP contribution in [0.1, 0.15) is 29.6 Å². The molecule has 3 rings (SSSR count). The molecule has 1 aromatic rings. The summed E-state index contributed by atoms with van der Waals surface area (Å²) in [6.07, 6.45) is 3.03. The lowest BCUT2D eigenvalue weighted by Gasteiger charge is -2.21. The zero-order valence-corrected chi connectivity index (χ0v) is 12.5. The number of ether oxygens (including phenoxy) is 1. The molecule has 2 aliphatic rings. The first-order valence-electron chi connectivity index (χ1n) is 7.18. The number of fused-ring (bicyclic) bond motifs is 2. The van der Waals surface area contributed by atoms with Crippen LogP contribution in [0.3, 0.4) is 0 Å². The number of amides is 1. The van der Waals surface area contributed by atoms with E-state index in [1.807, 2.05) is 0 Å². The van der Waals surface area contributed by atoms with Gasteiger partial charge in [-0.25, -0.2) is 8.78 Å². The van der Waals surface area contributed by atoms with Crippen molar-refractivity contribution in [1.29, 1.82) is 0 Å². The van der Waals surface area contributed by atoms with Crippen molar-refractivity contribution in [1.82, 2.24) is 10.6 Å². The Morgan fingerprint density at radius 1 is 1.39 bits per heavy atom. The number of hydrogen-bond donors (Lipinski definition) is 3. The third-order valence-corrected chi connectivity index (χ3v) is 4.08. The molecule has 0 saturated carbocycles. The Labute approximate surface area is 131 Å². The van der Waals surface area contributed by atoms with Gasteiger partial charge in [0.2, 0.25) is 0 Å². The van der Waals surface area contributed by atoms with Crippen molar-refractivity contribution < 1.29 is 28.2 Å². The number of benzene rings is 1. The van der Waals surface area contributed by atoms with Crippen LogP contribution in [0, 0.1) is 11.6 Å². The molecule has 0 unspecified atom stereocenters.